The summed E-state index contributed by atoms with van der Waals surface area (Å²) in [6, 6.07) is 16.7. The molecule has 3 rings (SSSR count). The first-order valence-electron chi connectivity index (χ1n) is 7.56. The van der Waals surface area contributed by atoms with Crippen molar-refractivity contribution in [3.05, 3.63) is 77.2 Å². The topological polar surface area (TPSA) is 48.2 Å². The number of aromatic nitrogens is 1. The predicted octanol–water partition coefficient (Wildman–Crippen LogP) is 3.17. The maximum absolute atomic E-state index is 13.0. The van der Waals surface area contributed by atoms with Gasteiger partial charge in [-0.3, -0.25) is 0 Å². The van der Waals surface area contributed by atoms with Gasteiger partial charge < -0.3 is 15.2 Å². The molecule has 4 nitrogen and oxygen atoms in total. The summed E-state index contributed by atoms with van der Waals surface area (Å²) < 4.78 is 6.96. The van der Waals surface area contributed by atoms with Crippen LogP contribution in [-0.2, 0) is 0 Å². The molecule has 0 saturated carbocycles. The molecule has 3 aromatic rings. The molecule has 0 radical (unpaired) electrons. The van der Waals surface area contributed by atoms with Crippen molar-refractivity contribution in [1.29, 1.82) is 0 Å². The van der Waals surface area contributed by atoms with Crippen molar-refractivity contribution >= 4 is 45.7 Å². The number of ether oxygens (including phenoxy) is 1. The maximum atomic E-state index is 13.0. The van der Waals surface area contributed by atoms with E-state index in [1.54, 1.807) is 30.1 Å². The Hall–Kier alpha value is -2.70. The molecule has 0 fully saturated rings. The third-order valence-corrected chi connectivity index (χ3v) is 4.64. The van der Waals surface area contributed by atoms with E-state index in [0.29, 0.717) is 21.3 Å². The van der Waals surface area contributed by atoms with E-state index >= 15 is 0 Å². The SMILES string of the molecule is COc1cccc(NC(=S)C(=C([O-])c2cccs2)[n+]2ccccc2)c1. The lowest BCUT2D eigenvalue weighted by Crippen LogP contribution is -2.39. The van der Waals surface area contributed by atoms with Crippen LogP contribution in [0.25, 0.3) is 11.5 Å². The first kappa shape index (κ1) is 17.1. The van der Waals surface area contributed by atoms with Crippen molar-refractivity contribution in [2.75, 3.05) is 12.4 Å². The lowest BCUT2D eigenvalue weighted by Gasteiger charge is -2.15. The number of thiocarbonyl (C=S) groups is 1. The Morgan fingerprint density at radius 3 is 2.60 bits per heavy atom. The highest BCUT2D eigenvalue weighted by atomic mass is 32.1. The van der Waals surface area contributed by atoms with Crippen LogP contribution in [-0.4, -0.2) is 12.1 Å². The highest BCUT2D eigenvalue weighted by Gasteiger charge is 2.19. The lowest BCUT2D eigenvalue weighted by atomic mass is 10.2. The molecular formula is C19H16N2O2S2. The summed E-state index contributed by atoms with van der Waals surface area (Å²) in [6.07, 6.45) is 3.61. The minimum atomic E-state index is -0.119. The second kappa shape index (κ2) is 7.92. The molecule has 0 spiro atoms. The lowest BCUT2D eigenvalue weighted by molar-refractivity contribution is -0.577. The Labute approximate surface area is 155 Å². The van der Waals surface area contributed by atoms with Gasteiger partial charge in [0.1, 0.15) is 5.75 Å². The van der Waals surface area contributed by atoms with Crippen LogP contribution in [0.1, 0.15) is 4.88 Å². The normalized spacial score (nSPS) is 11.6. The molecular weight excluding hydrogens is 352 g/mol. The van der Waals surface area contributed by atoms with Gasteiger partial charge in [0.15, 0.2) is 17.4 Å². The van der Waals surface area contributed by atoms with Gasteiger partial charge in [0.05, 0.1) is 7.11 Å². The molecule has 2 heterocycles. The summed E-state index contributed by atoms with van der Waals surface area (Å²) in [6.45, 7) is 0. The Balaban J connectivity index is 2.00. The van der Waals surface area contributed by atoms with Gasteiger partial charge >= 0.3 is 0 Å². The zero-order valence-electron chi connectivity index (χ0n) is 13.5. The van der Waals surface area contributed by atoms with E-state index in [9.17, 15) is 5.11 Å². The van der Waals surface area contributed by atoms with Gasteiger partial charge in [0.25, 0.3) is 0 Å². The summed E-state index contributed by atoms with van der Waals surface area (Å²) in [7, 11) is 1.61. The van der Waals surface area contributed by atoms with Crippen LogP contribution in [0.4, 0.5) is 5.69 Å². The van der Waals surface area contributed by atoms with Crippen molar-refractivity contribution in [3.8, 4) is 5.75 Å². The first-order valence-corrected chi connectivity index (χ1v) is 8.85. The Morgan fingerprint density at radius 1 is 1.12 bits per heavy atom. The minimum absolute atomic E-state index is 0.119. The van der Waals surface area contributed by atoms with Gasteiger partial charge in [0, 0.05) is 28.8 Å². The summed E-state index contributed by atoms with van der Waals surface area (Å²) in [5.41, 5.74) is 1.17. The van der Waals surface area contributed by atoms with Crippen molar-refractivity contribution in [3.63, 3.8) is 0 Å². The number of hydrogen-bond acceptors (Lipinski definition) is 4. The van der Waals surface area contributed by atoms with Gasteiger partial charge in [-0.15, -0.1) is 11.3 Å². The molecule has 0 aliphatic rings. The largest absolute Gasteiger partial charge is 0.867 e. The van der Waals surface area contributed by atoms with E-state index in [1.165, 1.54) is 11.3 Å². The van der Waals surface area contributed by atoms with Crippen LogP contribution in [0, 0.1) is 0 Å². The number of thiophene rings is 1. The number of nitrogens with one attached hydrogen (secondary N) is 1. The van der Waals surface area contributed by atoms with Crippen LogP contribution in [0.2, 0.25) is 0 Å². The van der Waals surface area contributed by atoms with Gasteiger partial charge in [-0.1, -0.05) is 30.4 Å². The van der Waals surface area contributed by atoms with Gasteiger partial charge in [0.2, 0.25) is 5.70 Å². The van der Waals surface area contributed by atoms with Crippen molar-refractivity contribution in [2.45, 2.75) is 0 Å². The van der Waals surface area contributed by atoms with E-state index in [4.69, 9.17) is 17.0 Å². The quantitative estimate of drug-likeness (QED) is 0.325. The third-order valence-electron chi connectivity index (χ3n) is 3.48. The fourth-order valence-corrected chi connectivity index (χ4v) is 3.28. The average molecular weight is 368 g/mol. The molecule has 0 aliphatic heterocycles. The van der Waals surface area contributed by atoms with E-state index in [2.05, 4.69) is 5.32 Å². The number of nitrogens with zero attached hydrogens (tertiary/aromatic N) is 1. The number of hydrogen-bond donors (Lipinski definition) is 1. The molecule has 0 amide bonds. The summed E-state index contributed by atoms with van der Waals surface area (Å²) in [5, 5.41) is 18.0. The Morgan fingerprint density at radius 2 is 1.92 bits per heavy atom. The molecule has 126 valence electrons. The molecule has 0 saturated heterocycles. The van der Waals surface area contributed by atoms with Crippen LogP contribution in [0.15, 0.2) is 72.4 Å². The number of rotatable bonds is 5. The van der Waals surface area contributed by atoms with Crippen molar-refractivity contribution < 1.29 is 14.4 Å². The standard InChI is InChI=1S/C19H16N2O2S2/c1-23-15-8-5-7-14(13-15)20-19(24)17(21-10-3-2-4-11-21)18(22)16-9-6-12-25-16/h2-13H,1H3,(H-,20,22,24). The van der Waals surface area contributed by atoms with Crippen LogP contribution in [0.3, 0.4) is 0 Å². The molecule has 1 N–H and O–H groups in total. The fraction of sp³-hybridized carbons (Fsp3) is 0.0526. The smallest absolute Gasteiger partial charge is 0.239 e. The molecule has 25 heavy (non-hydrogen) atoms. The molecule has 1 aromatic carbocycles. The molecule has 2 aromatic heterocycles. The highest BCUT2D eigenvalue weighted by molar-refractivity contribution is 7.81. The molecule has 0 bridgehead atoms. The second-order valence-electron chi connectivity index (χ2n) is 5.12. The Kier molecular flexibility index (Phi) is 5.42. The van der Waals surface area contributed by atoms with Crippen molar-refractivity contribution in [2.24, 2.45) is 0 Å². The van der Waals surface area contributed by atoms with Crippen LogP contribution < -0.4 is 19.7 Å². The third kappa shape index (κ3) is 4.04. The number of pyridine rings is 1. The molecule has 0 aliphatic carbocycles. The van der Waals surface area contributed by atoms with E-state index in [1.807, 2.05) is 53.9 Å². The number of benzene rings is 1. The zero-order valence-corrected chi connectivity index (χ0v) is 15.1. The fourth-order valence-electron chi connectivity index (χ4n) is 2.30. The van der Waals surface area contributed by atoms with Crippen LogP contribution >= 0.6 is 23.6 Å². The predicted molar refractivity (Wildman–Crippen MR) is 103 cm³/mol. The zero-order chi connectivity index (χ0) is 17.6. The number of methoxy groups -OCH3 is 1. The maximum Gasteiger partial charge on any atom is 0.239 e. The second-order valence-corrected chi connectivity index (χ2v) is 6.48. The highest BCUT2D eigenvalue weighted by Crippen LogP contribution is 2.22. The van der Waals surface area contributed by atoms with E-state index in [0.717, 1.165) is 5.69 Å². The first-order chi connectivity index (χ1) is 12.2. The average Bonchev–Trinajstić information content (AvgIpc) is 3.17. The van der Waals surface area contributed by atoms with Crippen molar-refractivity contribution in [1.82, 2.24) is 0 Å². The van der Waals surface area contributed by atoms with Gasteiger partial charge in [-0.2, -0.15) is 4.57 Å². The molecule has 0 atom stereocenters. The summed E-state index contributed by atoms with van der Waals surface area (Å²) >= 11 is 6.94. The molecule has 6 heteroatoms. The summed E-state index contributed by atoms with van der Waals surface area (Å²) in [5.74, 6) is 0.595. The molecule has 0 unspecified atom stereocenters. The van der Waals surface area contributed by atoms with Gasteiger partial charge in [-0.05, 0) is 29.3 Å². The Bertz CT molecular complexity index is 891. The van der Waals surface area contributed by atoms with E-state index < -0.39 is 0 Å². The van der Waals surface area contributed by atoms with Gasteiger partial charge in [-0.25, -0.2) is 0 Å². The van der Waals surface area contributed by atoms with E-state index in [-0.39, 0.29) is 5.76 Å². The minimum Gasteiger partial charge on any atom is -0.867 e. The number of anilines is 1. The van der Waals surface area contributed by atoms with Crippen LogP contribution in [0.5, 0.6) is 5.75 Å². The monoisotopic (exact) mass is 368 g/mol. The summed E-state index contributed by atoms with van der Waals surface area (Å²) in [4.78, 5) is 0.990.